The molecule has 9 heteroatoms. The molecular formula is C18H21N7O2. The Hall–Kier alpha value is -3.23. The number of pyridine rings is 1. The molecule has 3 aromatic heterocycles. The van der Waals surface area contributed by atoms with E-state index in [1.807, 2.05) is 33.5 Å². The SMILES string of the molecule is Cn1c(Cn2cccn2)nnc1C1CCN(C(=O)c2ccc(=O)[nH]c2)CC1. The number of carbonyl (C=O) groups excluding carboxylic acids is 1. The highest BCUT2D eigenvalue weighted by Gasteiger charge is 2.28. The zero-order chi connectivity index (χ0) is 18.8. The first-order valence-electron chi connectivity index (χ1n) is 8.95. The molecule has 0 spiro atoms. The second-order valence-corrected chi connectivity index (χ2v) is 6.75. The molecule has 0 bridgehead atoms. The van der Waals surface area contributed by atoms with Gasteiger partial charge < -0.3 is 14.5 Å². The fourth-order valence-electron chi connectivity index (χ4n) is 3.47. The molecule has 3 aromatic rings. The standard InChI is InChI=1S/C18H21N7O2/c1-23-15(12-25-8-2-7-20-25)21-22-17(23)13-5-9-24(10-6-13)18(27)14-3-4-16(26)19-11-14/h2-4,7-8,11,13H,5-6,9-10,12H2,1H3,(H,19,26). The molecule has 1 aliphatic rings. The second-order valence-electron chi connectivity index (χ2n) is 6.75. The third-order valence-corrected chi connectivity index (χ3v) is 5.04. The minimum Gasteiger partial charge on any atom is -0.339 e. The van der Waals surface area contributed by atoms with Crippen LogP contribution in [0, 0.1) is 0 Å². The molecule has 140 valence electrons. The molecule has 1 fully saturated rings. The van der Waals surface area contributed by atoms with Crippen molar-refractivity contribution in [3.05, 3.63) is 64.4 Å². The zero-order valence-electron chi connectivity index (χ0n) is 15.1. The Morgan fingerprint density at radius 1 is 1.26 bits per heavy atom. The van der Waals surface area contributed by atoms with Gasteiger partial charge in [-0.1, -0.05) is 0 Å². The quantitative estimate of drug-likeness (QED) is 0.734. The number of likely N-dealkylation sites (tertiary alicyclic amines) is 1. The summed E-state index contributed by atoms with van der Waals surface area (Å²) < 4.78 is 3.85. The number of amides is 1. The first kappa shape index (κ1) is 17.2. The number of piperidine rings is 1. The lowest BCUT2D eigenvalue weighted by Crippen LogP contribution is -2.38. The van der Waals surface area contributed by atoms with Crippen LogP contribution in [-0.4, -0.2) is 53.4 Å². The van der Waals surface area contributed by atoms with Gasteiger partial charge in [-0.05, 0) is 25.0 Å². The molecule has 1 saturated heterocycles. The summed E-state index contributed by atoms with van der Waals surface area (Å²) in [4.78, 5) is 28.1. The summed E-state index contributed by atoms with van der Waals surface area (Å²) in [6.45, 7) is 1.90. The highest BCUT2D eigenvalue weighted by atomic mass is 16.2. The van der Waals surface area contributed by atoms with Crippen molar-refractivity contribution in [2.45, 2.75) is 25.3 Å². The van der Waals surface area contributed by atoms with Crippen molar-refractivity contribution in [1.29, 1.82) is 0 Å². The molecule has 0 radical (unpaired) electrons. The molecule has 1 amide bonds. The van der Waals surface area contributed by atoms with Crippen LogP contribution in [0.15, 0.2) is 41.6 Å². The van der Waals surface area contributed by atoms with Crippen molar-refractivity contribution in [3.8, 4) is 0 Å². The van der Waals surface area contributed by atoms with Crippen LogP contribution >= 0.6 is 0 Å². The lowest BCUT2D eigenvalue weighted by molar-refractivity contribution is 0.0710. The van der Waals surface area contributed by atoms with E-state index in [2.05, 4.69) is 20.3 Å². The normalized spacial score (nSPS) is 15.2. The summed E-state index contributed by atoms with van der Waals surface area (Å²) in [6, 6.07) is 4.82. The molecule has 0 unspecified atom stereocenters. The van der Waals surface area contributed by atoms with Crippen LogP contribution < -0.4 is 5.56 Å². The van der Waals surface area contributed by atoms with Crippen LogP contribution in [0.25, 0.3) is 0 Å². The number of carbonyl (C=O) groups is 1. The molecule has 1 aliphatic heterocycles. The maximum absolute atomic E-state index is 12.6. The number of aromatic nitrogens is 6. The maximum atomic E-state index is 12.6. The van der Waals surface area contributed by atoms with Gasteiger partial charge in [-0.2, -0.15) is 5.10 Å². The van der Waals surface area contributed by atoms with E-state index in [0.717, 1.165) is 24.5 Å². The van der Waals surface area contributed by atoms with Crippen LogP contribution in [0.3, 0.4) is 0 Å². The Balaban J connectivity index is 1.40. The van der Waals surface area contributed by atoms with Crippen molar-refractivity contribution < 1.29 is 4.79 Å². The average molecular weight is 367 g/mol. The Kier molecular flexibility index (Phi) is 4.57. The molecule has 0 atom stereocenters. The summed E-state index contributed by atoms with van der Waals surface area (Å²) >= 11 is 0. The van der Waals surface area contributed by atoms with E-state index in [1.54, 1.807) is 12.3 Å². The van der Waals surface area contributed by atoms with Gasteiger partial charge in [0.25, 0.3) is 5.91 Å². The molecular weight excluding hydrogens is 346 g/mol. The molecule has 4 rings (SSSR count). The fraction of sp³-hybridized carbons (Fsp3) is 0.389. The number of hydrogen-bond acceptors (Lipinski definition) is 5. The van der Waals surface area contributed by atoms with Crippen molar-refractivity contribution in [1.82, 2.24) is 34.4 Å². The Morgan fingerprint density at radius 2 is 2.07 bits per heavy atom. The van der Waals surface area contributed by atoms with Crippen LogP contribution in [0.1, 0.15) is 40.8 Å². The first-order valence-corrected chi connectivity index (χ1v) is 8.95. The predicted octanol–water partition coefficient (Wildman–Crippen LogP) is 0.768. The number of H-pyrrole nitrogens is 1. The number of rotatable bonds is 4. The third kappa shape index (κ3) is 3.53. The Labute approximate surface area is 155 Å². The van der Waals surface area contributed by atoms with Crippen LogP contribution in [-0.2, 0) is 13.6 Å². The van der Waals surface area contributed by atoms with Crippen molar-refractivity contribution in [2.24, 2.45) is 7.05 Å². The number of nitrogens with one attached hydrogen (secondary N) is 1. The number of aromatic amines is 1. The summed E-state index contributed by atoms with van der Waals surface area (Å²) in [5.41, 5.74) is 0.298. The third-order valence-electron chi connectivity index (χ3n) is 5.04. The first-order chi connectivity index (χ1) is 13.1. The van der Waals surface area contributed by atoms with E-state index >= 15 is 0 Å². The Morgan fingerprint density at radius 3 is 2.74 bits per heavy atom. The maximum Gasteiger partial charge on any atom is 0.255 e. The zero-order valence-corrected chi connectivity index (χ0v) is 15.1. The van der Waals surface area contributed by atoms with E-state index < -0.39 is 0 Å². The molecule has 1 N–H and O–H groups in total. The van der Waals surface area contributed by atoms with Crippen LogP contribution in [0.2, 0.25) is 0 Å². The molecule has 27 heavy (non-hydrogen) atoms. The van der Waals surface area contributed by atoms with Gasteiger partial charge in [0.05, 0.1) is 5.56 Å². The van der Waals surface area contributed by atoms with Gasteiger partial charge in [0.1, 0.15) is 12.4 Å². The fourth-order valence-corrected chi connectivity index (χ4v) is 3.47. The smallest absolute Gasteiger partial charge is 0.255 e. The minimum atomic E-state index is -0.210. The van der Waals surface area contributed by atoms with Crippen molar-refractivity contribution >= 4 is 5.91 Å². The highest BCUT2D eigenvalue weighted by Crippen LogP contribution is 2.27. The van der Waals surface area contributed by atoms with E-state index in [4.69, 9.17) is 0 Å². The Bertz CT molecular complexity index is 961. The monoisotopic (exact) mass is 367 g/mol. The van der Waals surface area contributed by atoms with Crippen molar-refractivity contribution in [2.75, 3.05) is 13.1 Å². The van der Waals surface area contributed by atoms with Gasteiger partial charge in [-0.25, -0.2) is 0 Å². The van der Waals surface area contributed by atoms with E-state index in [9.17, 15) is 9.59 Å². The van der Waals surface area contributed by atoms with Gasteiger partial charge >= 0.3 is 0 Å². The van der Waals surface area contributed by atoms with Crippen LogP contribution in [0.4, 0.5) is 0 Å². The lowest BCUT2D eigenvalue weighted by atomic mass is 9.95. The summed E-state index contributed by atoms with van der Waals surface area (Å²) in [5.74, 6) is 2.03. The minimum absolute atomic E-state index is 0.0537. The summed E-state index contributed by atoms with van der Waals surface area (Å²) in [6.07, 6.45) is 6.79. The highest BCUT2D eigenvalue weighted by molar-refractivity contribution is 5.93. The summed E-state index contributed by atoms with van der Waals surface area (Å²) in [5, 5.41) is 12.9. The molecule has 0 aliphatic carbocycles. The number of hydrogen-bond donors (Lipinski definition) is 1. The largest absolute Gasteiger partial charge is 0.339 e. The van der Waals surface area contributed by atoms with E-state index in [0.29, 0.717) is 25.2 Å². The van der Waals surface area contributed by atoms with Gasteiger partial charge in [-0.15, -0.1) is 10.2 Å². The summed E-state index contributed by atoms with van der Waals surface area (Å²) in [7, 11) is 1.98. The molecule has 0 aromatic carbocycles. The van der Waals surface area contributed by atoms with E-state index in [1.165, 1.54) is 12.3 Å². The van der Waals surface area contributed by atoms with Gasteiger partial charge in [0, 0.05) is 50.7 Å². The van der Waals surface area contributed by atoms with Gasteiger partial charge in [0.15, 0.2) is 5.82 Å². The molecule has 4 heterocycles. The molecule has 0 saturated carbocycles. The second kappa shape index (κ2) is 7.18. The average Bonchev–Trinajstić information content (AvgIpc) is 3.33. The van der Waals surface area contributed by atoms with Crippen molar-refractivity contribution in [3.63, 3.8) is 0 Å². The predicted molar refractivity (Wildman–Crippen MR) is 97.3 cm³/mol. The topological polar surface area (TPSA) is 102 Å². The van der Waals surface area contributed by atoms with Crippen LogP contribution in [0.5, 0.6) is 0 Å². The van der Waals surface area contributed by atoms with E-state index in [-0.39, 0.29) is 17.4 Å². The lowest BCUT2D eigenvalue weighted by Gasteiger charge is -2.31. The van der Waals surface area contributed by atoms with Gasteiger partial charge in [0.2, 0.25) is 5.56 Å². The van der Waals surface area contributed by atoms with Gasteiger partial charge in [-0.3, -0.25) is 14.3 Å². The molecule has 9 nitrogen and oxygen atoms in total. The number of nitrogens with zero attached hydrogens (tertiary/aromatic N) is 6.